The summed E-state index contributed by atoms with van der Waals surface area (Å²) in [5, 5.41) is 5.80. The summed E-state index contributed by atoms with van der Waals surface area (Å²) in [4.78, 5) is 16.9. The molecule has 1 aliphatic heterocycles. The maximum absolute atomic E-state index is 12.9. The molecular formula is C20H23FN4OS. The molecule has 1 fully saturated rings. The summed E-state index contributed by atoms with van der Waals surface area (Å²) in [6.07, 6.45) is 0. The third-order valence-corrected chi connectivity index (χ3v) is 4.85. The summed E-state index contributed by atoms with van der Waals surface area (Å²) in [5.41, 5.74) is 2.33. The van der Waals surface area contributed by atoms with Gasteiger partial charge in [-0.05, 0) is 67.3 Å². The number of nitrogens with zero attached hydrogens (tertiary/aromatic N) is 2. The summed E-state index contributed by atoms with van der Waals surface area (Å²) in [6, 6.07) is 13.3. The molecular weight excluding hydrogens is 363 g/mol. The van der Waals surface area contributed by atoms with Crippen LogP contribution in [0.1, 0.15) is 17.3 Å². The van der Waals surface area contributed by atoms with Crippen molar-refractivity contribution in [3.05, 3.63) is 59.9 Å². The molecule has 27 heavy (non-hydrogen) atoms. The van der Waals surface area contributed by atoms with E-state index in [1.54, 1.807) is 0 Å². The standard InChI is InChI=1S/C20H23FN4OS/c1-2-24-11-13-25(14-12-24)18-9-7-17(8-10-18)22-20(27)23-19(26)15-3-5-16(21)6-4-15/h3-10H,2,11-14H2,1H3,(H2,22,23,26,27). The molecule has 7 heteroatoms. The lowest BCUT2D eigenvalue weighted by Crippen LogP contribution is -2.46. The summed E-state index contributed by atoms with van der Waals surface area (Å²) in [6.45, 7) is 7.48. The third-order valence-electron chi connectivity index (χ3n) is 4.64. The second kappa shape index (κ2) is 8.92. The molecule has 5 nitrogen and oxygen atoms in total. The number of benzene rings is 2. The van der Waals surface area contributed by atoms with Gasteiger partial charge in [0.2, 0.25) is 0 Å². The molecule has 142 valence electrons. The van der Waals surface area contributed by atoms with Gasteiger partial charge in [0.25, 0.3) is 5.91 Å². The minimum atomic E-state index is -0.386. The van der Waals surface area contributed by atoms with Crippen molar-refractivity contribution in [1.82, 2.24) is 10.2 Å². The number of hydrogen-bond acceptors (Lipinski definition) is 4. The van der Waals surface area contributed by atoms with E-state index in [1.807, 2.05) is 24.3 Å². The van der Waals surface area contributed by atoms with E-state index in [2.05, 4.69) is 27.4 Å². The lowest BCUT2D eigenvalue weighted by molar-refractivity contribution is 0.0977. The number of nitrogens with one attached hydrogen (secondary N) is 2. The van der Waals surface area contributed by atoms with Crippen molar-refractivity contribution >= 4 is 34.6 Å². The molecule has 0 saturated carbocycles. The van der Waals surface area contributed by atoms with Crippen molar-refractivity contribution < 1.29 is 9.18 Å². The average molecular weight is 386 g/mol. The number of rotatable bonds is 4. The van der Waals surface area contributed by atoms with Gasteiger partial charge in [-0.15, -0.1) is 0 Å². The maximum Gasteiger partial charge on any atom is 0.257 e. The van der Waals surface area contributed by atoms with Crippen molar-refractivity contribution in [2.75, 3.05) is 42.9 Å². The monoisotopic (exact) mass is 386 g/mol. The lowest BCUT2D eigenvalue weighted by Gasteiger charge is -2.35. The number of hydrogen-bond donors (Lipinski definition) is 2. The van der Waals surface area contributed by atoms with Crippen molar-refractivity contribution in [2.45, 2.75) is 6.92 Å². The van der Waals surface area contributed by atoms with Crippen LogP contribution in [0.15, 0.2) is 48.5 Å². The highest BCUT2D eigenvalue weighted by Crippen LogP contribution is 2.19. The van der Waals surface area contributed by atoms with E-state index in [4.69, 9.17) is 12.2 Å². The Balaban J connectivity index is 1.52. The van der Waals surface area contributed by atoms with E-state index in [-0.39, 0.29) is 16.8 Å². The van der Waals surface area contributed by atoms with E-state index >= 15 is 0 Å². The van der Waals surface area contributed by atoms with Gasteiger partial charge in [0.15, 0.2) is 5.11 Å². The molecule has 3 rings (SSSR count). The van der Waals surface area contributed by atoms with Gasteiger partial charge in [-0.3, -0.25) is 10.1 Å². The van der Waals surface area contributed by atoms with Gasteiger partial charge in [0.05, 0.1) is 0 Å². The zero-order chi connectivity index (χ0) is 19.2. The van der Waals surface area contributed by atoms with Gasteiger partial charge < -0.3 is 15.1 Å². The van der Waals surface area contributed by atoms with E-state index in [9.17, 15) is 9.18 Å². The van der Waals surface area contributed by atoms with E-state index < -0.39 is 0 Å². The molecule has 0 aliphatic carbocycles. The van der Waals surface area contributed by atoms with Gasteiger partial charge in [-0.25, -0.2) is 4.39 Å². The van der Waals surface area contributed by atoms with Gasteiger partial charge >= 0.3 is 0 Å². The Morgan fingerprint density at radius 3 is 2.26 bits per heavy atom. The van der Waals surface area contributed by atoms with Gasteiger partial charge in [0.1, 0.15) is 5.82 Å². The fraction of sp³-hybridized carbons (Fsp3) is 0.300. The highest BCUT2D eigenvalue weighted by Gasteiger charge is 2.15. The molecule has 2 N–H and O–H groups in total. The Kier molecular flexibility index (Phi) is 6.36. The van der Waals surface area contributed by atoms with Crippen molar-refractivity contribution in [3.63, 3.8) is 0 Å². The van der Waals surface area contributed by atoms with Gasteiger partial charge in [-0.1, -0.05) is 6.92 Å². The Bertz CT molecular complexity index is 787. The molecule has 0 aromatic heterocycles. The average Bonchev–Trinajstić information content (AvgIpc) is 2.69. The van der Waals surface area contributed by atoms with Crippen LogP contribution in [0.5, 0.6) is 0 Å². The smallest absolute Gasteiger partial charge is 0.257 e. The Labute approximate surface area is 164 Å². The van der Waals surface area contributed by atoms with Crippen LogP contribution in [-0.4, -0.2) is 48.6 Å². The van der Waals surface area contributed by atoms with Crippen LogP contribution in [-0.2, 0) is 0 Å². The summed E-state index contributed by atoms with van der Waals surface area (Å²) in [7, 11) is 0. The first-order chi connectivity index (χ1) is 13.0. The molecule has 0 radical (unpaired) electrons. The lowest BCUT2D eigenvalue weighted by atomic mass is 10.2. The van der Waals surface area contributed by atoms with Crippen LogP contribution in [0.4, 0.5) is 15.8 Å². The number of anilines is 2. The zero-order valence-electron chi connectivity index (χ0n) is 15.2. The number of halogens is 1. The van der Waals surface area contributed by atoms with Gasteiger partial charge in [0, 0.05) is 43.1 Å². The van der Waals surface area contributed by atoms with Crippen LogP contribution >= 0.6 is 12.2 Å². The number of piperazine rings is 1. The second-order valence-corrected chi connectivity index (χ2v) is 6.79. The van der Waals surface area contributed by atoms with Crippen molar-refractivity contribution in [3.8, 4) is 0 Å². The minimum Gasteiger partial charge on any atom is -0.369 e. The molecule has 1 aliphatic rings. The number of carbonyl (C=O) groups excluding carboxylic acids is 1. The van der Waals surface area contributed by atoms with E-state index in [0.29, 0.717) is 5.56 Å². The third kappa shape index (κ3) is 5.24. The van der Waals surface area contributed by atoms with Crippen LogP contribution in [0.3, 0.4) is 0 Å². The molecule has 2 aromatic rings. The predicted octanol–water partition coefficient (Wildman–Crippen LogP) is 3.09. The number of thiocarbonyl (C=S) groups is 1. The maximum atomic E-state index is 12.9. The van der Waals surface area contributed by atoms with Crippen LogP contribution in [0, 0.1) is 5.82 Å². The van der Waals surface area contributed by atoms with Crippen LogP contribution in [0.25, 0.3) is 0 Å². The molecule has 1 amide bonds. The Hall–Kier alpha value is -2.51. The Morgan fingerprint density at radius 2 is 1.67 bits per heavy atom. The SMILES string of the molecule is CCN1CCN(c2ccc(NC(=S)NC(=O)c3ccc(F)cc3)cc2)CC1. The molecule has 0 atom stereocenters. The fourth-order valence-corrected chi connectivity index (χ4v) is 3.23. The molecule has 0 bridgehead atoms. The van der Waals surface area contributed by atoms with Crippen molar-refractivity contribution in [2.24, 2.45) is 0 Å². The molecule has 1 saturated heterocycles. The molecule has 2 aromatic carbocycles. The van der Waals surface area contributed by atoms with Gasteiger partial charge in [-0.2, -0.15) is 0 Å². The van der Waals surface area contributed by atoms with Crippen LogP contribution in [0.2, 0.25) is 0 Å². The number of likely N-dealkylation sites (N-methyl/N-ethyl adjacent to an activating group) is 1. The highest BCUT2D eigenvalue weighted by atomic mass is 32.1. The quantitative estimate of drug-likeness (QED) is 0.791. The highest BCUT2D eigenvalue weighted by molar-refractivity contribution is 7.80. The number of amides is 1. The fourth-order valence-electron chi connectivity index (χ4n) is 3.02. The largest absolute Gasteiger partial charge is 0.369 e. The van der Waals surface area contributed by atoms with E-state index in [1.165, 1.54) is 30.0 Å². The summed E-state index contributed by atoms with van der Waals surface area (Å²) in [5.74, 6) is -0.763. The Morgan fingerprint density at radius 1 is 1.04 bits per heavy atom. The predicted molar refractivity (Wildman–Crippen MR) is 111 cm³/mol. The normalized spacial score (nSPS) is 14.7. The van der Waals surface area contributed by atoms with E-state index in [0.717, 1.165) is 38.4 Å². The number of carbonyl (C=O) groups is 1. The summed E-state index contributed by atoms with van der Waals surface area (Å²) >= 11 is 5.19. The second-order valence-electron chi connectivity index (χ2n) is 6.38. The van der Waals surface area contributed by atoms with Crippen molar-refractivity contribution in [1.29, 1.82) is 0 Å². The molecule has 1 heterocycles. The first kappa shape index (κ1) is 19.3. The topological polar surface area (TPSA) is 47.6 Å². The van der Waals surface area contributed by atoms with Crippen LogP contribution < -0.4 is 15.5 Å². The molecule has 0 spiro atoms. The zero-order valence-corrected chi connectivity index (χ0v) is 16.1. The first-order valence-electron chi connectivity index (χ1n) is 9.00. The first-order valence-corrected chi connectivity index (χ1v) is 9.41. The summed E-state index contributed by atoms with van der Waals surface area (Å²) < 4.78 is 12.9. The molecule has 0 unspecified atom stereocenters. The minimum absolute atomic E-state index is 0.202.